The van der Waals surface area contributed by atoms with E-state index in [1.165, 1.54) is 24.0 Å². The highest BCUT2D eigenvalue weighted by atomic mass is 127. The largest absolute Gasteiger partial charge is 0.357 e. The molecule has 2 N–H and O–H groups in total. The number of carbonyl (C=O) groups is 1. The Kier molecular flexibility index (Phi) is 9.55. The van der Waals surface area contributed by atoms with Gasteiger partial charge in [-0.25, -0.2) is 0 Å². The number of benzene rings is 1. The standard InChI is InChI=1S/C22H34N4O.HI/c1-3-23-22(24-14-12-18-10-8-17(2)9-11-18)25-20-13-15-26(16-20)21(27)19-6-4-5-7-19;/h8-11,19-20H,3-7,12-16H2,1-2H3,(H2,23,24,25);1H. The van der Waals surface area contributed by atoms with E-state index in [4.69, 9.17) is 4.99 Å². The number of hydrogen-bond donors (Lipinski definition) is 2. The van der Waals surface area contributed by atoms with Crippen molar-refractivity contribution in [3.8, 4) is 0 Å². The summed E-state index contributed by atoms with van der Waals surface area (Å²) in [4.78, 5) is 19.4. The average Bonchev–Trinajstić information content (AvgIpc) is 3.35. The summed E-state index contributed by atoms with van der Waals surface area (Å²) >= 11 is 0. The first-order chi connectivity index (χ1) is 13.2. The van der Waals surface area contributed by atoms with E-state index < -0.39 is 0 Å². The van der Waals surface area contributed by atoms with Gasteiger partial charge in [0, 0.05) is 38.1 Å². The lowest BCUT2D eigenvalue weighted by Gasteiger charge is -2.21. The molecule has 2 aliphatic rings. The van der Waals surface area contributed by atoms with Crippen molar-refractivity contribution in [2.45, 2.75) is 58.4 Å². The van der Waals surface area contributed by atoms with Crippen LogP contribution in [-0.4, -0.2) is 49.0 Å². The van der Waals surface area contributed by atoms with Gasteiger partial charge in [-0.15, -0.1) is 24.0 Å². The Morgan fingerprint density at radius 3 is 2.57 bits per heavy atom. The number of aliphatic imine (C=N–C) groups is 1. The number of hydrogen-bond acceptors (Lipinski definition) is 2. The molecule has 0 spiro atoms. The summed E-state index contributed by atoms with van der Waals surface area (Å²) in [6.07, 6.45) is 6.52. The third-order valence-electron chi connectivity index (χ3n) is 5.68. The van der Waals surface area contributed by atoms with E-state index >= 15 is 0 Å². The molecule has 0 bridgehead atoms. The monoisotopic (exact) mass is 498 g/mol. The lowest BCUT2D eigenvalue weighted by molar-refractivity contribution is -0.134. The van der Waals surface area contributed by atoms with Crippen LogP contribution < -0.4 is 10.6 Å². The van der Waals surface area contributed by atoms with Crippen molar-refractivity contribution in [1.82, 2.24) is 15.5 Å². The van der Waals surface area contributed by atoms with E-state index in [9.17, 15) is 4.79 Å². The first-order valence-electron chi connectivity index (χ1n) is 10.5. The Hall–Kier alpha value is -1.31. The van der Waals surface area contributed by atoms with Crippen LogP contribution in [0.15, 0.2) is 29.3 Å². The number of likely N-dealkylation sites (tertiary alicyclic amines) is 1. The van der Waals surface area contributed by atoms with Gasteiger partial charge in [-0.05, 0) is 45.1 Å². The third-order valence-corrected chi connectivity index (χ3v) is 5.68. The van der Waals surface area contributed by atoms with Gasteiger partial charge >= 0.3 is 0 Å². The highest BCUT2D eigenvalue weighted by Crippen LogP contribution is 2.27. The van der Waals surface area contributed by atoms with Crippen LogP contribution in [0.5, 0.6) is 0 Å². The molecule has 28 heavy (non-hydrogen) atoms. The van der Waals surface area contributed by atoms with Crippen LogP contribution in [-0.2, 0) is 11.2 Å². The summed E-state index contributed by atoms with van der Waals surface area (Å²) in [5, 5.41) is 6.87. The minimum atomic E-state index is 0. The number of guanidine groups is 1. The number of carbonyl (C=O) groups excluding carboxylic acids is 1. The van der Waals surface area contributed by atoms with Crippen molar-refractivity contribution in [3.63, 3.8) is 0 Å². The lowest BCUT2D eigenvalue weighted by Crippen LogP contribution is -2.45. The summed E-state index contributed by atoms with van der Waals surface area (Å²) in [5.74, 6) is 1.52. The number of aryl methyl sites for hydroxylation is 1. The molecule has 5 nitrogen and oxygen atoms in total. The van der Waals surface area contributed by atoms with Crippen molar-refractivity contribution < 1.29 is 4.79 Å². The summed E-state index contributed by atoms with van der Waals surface area (Å²) in [5.41, 5.74) is 2.60. The molecule has 1 amide bonds. The van der Waals surface area contributed by atoms with Crippen molar-refractivity contribution >= 4 is 35.8 Å². The van der Waals surface area contributed by atoms with Gasteiger partial charge < -0.3 is 15.5 Å². The molecular weight excluding hydrogens is 463 g/mol. The van der Waals surface area contributed by atoms with Crippen LogP contribution in [0.2, 0.25) is 0 Å². The first-order valence-corrected chi connectivity index (χ1v) is 10.5. The molecule has 1 aromatic rings. The van der Waals surface area contributed by atoms with E-state index in [1.54, 1.807) is 0 Å². The fourth-order valence-electron chi connectivity index (χ4n) is 4.07. The molecule has 0 radical (unpaired) electrons. The molecule has 1 unspecified atom stereocenters. The van der Waals surface area contributed by atoms with Gasteiger partial charge in [0.05, 0.1) is 0 Å². The molecule has 1 saturated heterocycles. The zero-order valence-corrected chi connectivity index (χ0v) is 19.6. The highest BCUT2D eigenvalue weighted by Gasteiger charge is 2.32. The van der Waals surface area contributed by atoms with Crippen molar-refractivity contribution in [2.24, 2.45) is 10.9 Å². The minimum Gasteiger partial charge on any atom is -0.357 e. The predicted octanol–water partition coefficient (Wildman–Crippen LogP) is 3.50. The van der Waals surface area contributed by atoms with Gasteiger partial charge in [-0.1, -0.05) is 42.7 Å². The number of amides is 1. The maximum Gasteiger partial charge on any atom is 0.225 e. The van der Waals surface area contributed by atoms with Crippen molar-refractivity contribution in [3.05, 3.63) is 35.4 Å². The molecule has 1 saturated carbocycles. The van der Waals surface area contributed by atoms with Gasteiger partial charge in [0.15, 0.2) is 5.96 Å². The molecule has 1 heterocycles. The average molecular weight is 498 g/mol. The topological polar surface area (TPSA) is 56.7 Å². The second-order valence-electron chi connectivity index (χ2n) is 7.89. The van der Waals surface area contributed by atoms with Gasteiger partial charge in [0.1, 0.15) is 0 Å². The smallest absolute Gasteiger partial charge is 0.225 e. The molecule has 3 rings (SSSR count). The molecule has 0 aromatic heterocycles. The Morgan fingerprint density at radius 2 is 1.89 bits per heavy atom. The normalized spacial score (nSPS) is 20.1. The van der Waals surface area contributed by atoms with E-state index in [-0.39, 0.29) is 29.9 Å². The van der Waals surface area contributed by atoms with Crippen molar-refractivity contribution in [2.75, 3.05) is 26.2 Å². The summed E-state index contributed by atoms with van der Waals surface area (Å²) in [7, 11) is 0. The second-order valence-corrected chi connectivity index (χ2v) is 7.89. The van der Waals surface area contributed by atoms with Crippen LogP contribution in [0, 0.1) is 12.8 Å². The molecular formula is C22H35IN4O. The van der Waals surface area contributed by atoms with Gasteiger partial charge in [0.2, 0.25) is 5.91 Å². The SMILES string of the molecule is CCNC(=NCCc1ccc(C)cc1)NC1CCN(C(=O)C2CCCC2)C1.I. The quantitative estimate of drug-likeness (QED) is 0.359. The zero-order valence-electron chi connectivity index (χ0n) is 17.2. The van der Waals surface area contributed by atoms with Crippen LogP contribution >= 0.6 is 24.0 Å². The molecule has 2 fully saturated rings. The van der Waals surface area contributed by atoms with Crippen LogP contribution in [0.1, 0.15) is 50.2 Å². The van der Waals surface area contributed by atoms with Gasteiger partial charge in [-0.3, -0.25) is 9.79 Å². The lowest BCUT2D eigenvalue weighted by atomic mass is 10.1. The maximum atomic E-state index is 12.6. The number of rotatable bonds is 6. The Balaban J connectivity index is 0.00000280. The van der Waals surface area contributed by atoms with E-state index in [2.05, 4.69) is 53.6 Å². The Labute approximate surface area is 186 Å². The number of nitrogens with zero attached hydrogens (tertiary/aromatic N) is 2. The van der Waals surface area contributed by atoms with Crippen LogP contribution in [0.3, 0.4) is 0 Å². The first kappa shape index (κ1) is 23.0. The number of halogens is 1. The molecule has 156 valence electrons. The van der Waals surface area contributed by atoms with Crippen LogP contribution in [0.25, 0.3) is 0 Å². The second kappa shape index (κ2) is 11.6. The third kappa shape index (κ3) is 6.64. The van der Waals surface area contributed by atoms with E-state index in [1.807, 2.05) is 0 Å². The van der Waals surface area contributed by atoms with Gasteiger partial charge in [0.25, 0.3) is 0 Å². The van der Waals surface area contributed by atoms with E-state index in [0.29, 0.717) is 11.9 Å². The highest BCUT2D eigenvalue weighted by molar-refractivity contribution is 14.0. The zero-order chi connectivity index (χ0) is 19.1. The Morgan fingerprint density at radius 1 is 1.18 bits per heavy atom. The fourth-order valence-corrected chi connectivity index (χ4v) is 4.07. The summed E-state index contributed by atoms with van der Waals surface area (Å²) in [6.45, 7) is 7.47. The summed E-state index contributed by atoms with van der Waals surface area (Å²) in [6, 6.07) is 8.95. The maximum absolute atomic E-state index is 12.6. The van der Waals surface area contributed by atoms with Crippen LogP contribution in [0.4, 0.5) is 0 Å². The van der Waals surface area contributed by atoms with E-state index in [0.717, 1.165) is 57.8 Å². The Bertz CT molecular complexity index is 640. The summed E-state index contributed by atoms with van der Waals surface area (Å²) < 4.78 is 0. The number of nitrogens with one attached hydrogen (secondary N) is 2. The molecule has 1 aliphatic heterocycles. The van der Waals surface area contributed by atoms with Crippen molar-refractivity contribution in [1.29, 1.82) is 0 Å². The fraction of sp³-hybridized carbons (Fsp3) is 0.636. The molecule has 6 heteroatoms. The van der Waals surface area contributed by atoms with Gasteiger partial charge in [-0.2, -0.15) is 0 Å². The molecule has 1 aromatic carbocycles. The minimum absolute atomic E-state index is 0. The predicted molar refractivity (Wildman–Crippen MR) is 126 cm³/mol. The molecule has 1 aliphatic carbocycles. The molecule has 1 atom stereocenters.